The van der Waals surface area contributed by atoms with E-state index in [9.17, 15) is 12.8 Å². The van der Waals surface area contributed by atoms with Crippen molar-refractivity contribution in [3.05, 3.63) is 24.1 Å². The van der Waals surface area contributed by atoms with Gasteiger partial charge in [-0.15, -0.1) is 0 Å². The number of sulfonamides is 1. The monoisotopic (exact) mass is 273 g/mol. The lowest BCUT2D eigenvalue weighted by atomic mass is 10.1. The van der Waals surface area contributed by atoms with Crippen molar-refractivity contribution in [2.24, 2.45) is 0 Å². The Bertz CT molecular complexity index is 521. The van der Waals surface area contributed by atoms with Crippen LogP contribution in [0, 0.1) is 5.95 Å². The summed E-state index contributed by atoms with van der Waals surface area (Å²) in [7, 11) is -3.16. The van der Waals surface area contributed by atoms with E-state index in [1.807, 2.05) is 0 Å². The average Bonchev–Trinajstić information content (AvgIpc) is 2.28. The molecule has 1 unspecified atom stereocenters. The predicted octanol–water partition coefficient (Wildman–Crippen LogP) is 1.06. The number of pyridine rings is 1. The fourth-order valence-electron chi connectivity index (χ4n) is 2.06. The van der Waals surface area contributed by atoms with Gasteiger partial charge in [-0.2, -0.15) is 4.39 Å². The van der Waals surface area contributed by atoms with Crippen LogP contribution in [-0.4, -0.2) is 43.1 Å². The number of aromatic nitrogens is 1. The van der Waals surface area contributed by atoms with Crippen LogP contribution in [-0.2, 0) is 10.0 Å². The SMILES string of the molecule is CS(=O)(=O)N1CCCC(Nc2cccc(F)n2)C1. The van der Waals surface area contributed by atoms with Crippen molar-refractivity contribution in [1.29, 1.82) is 0 Å². The van der Waals surface area contributed by atoms with E-state index in [1.54, 1.807) is 12.1 Å². The van der Waals surface area contributed by atoms with Gasteiger partial charge in [0.05, 0.1) is 6.26 Å². The van der Waals surface area contributed by atoms with E-state index in [2.05, 4.69) is 10.3 Å². The van der Waals surface area contributed by atoms with Crippen LogP contribution >= 0.6 is 0 Å². The highest BCUT2D eigenvalue weighted by Gasteiger charge is 2.25. The number of halogens is 1. The smallest absolute Gasteiger partial charge is 0.214 e. The first-order chi connectivity index (χ1) is 8.45. The lowest BCUT2D eigenvalue weighted by Crippen LogP contribution is -2.44. The molecule has 0 amide bonds. The Labute approximate surface area is 106 Å². The molecule has 1 aromatic heterocycles. The summed E-state index contributed by atoms with van der Waals surface area (Å²) < 4.78 is 37.3. The molecule has 1 N–H and O–H groups in total. The van der Waals surface area contributed by atoms with Gasteiger partial charge < -0.3 is 5.32 Å². The second-order valence-corrected chi connectivity index (χ2v) is 6.43. The number of anilines is 1. The third-order valence-electron chi connectivity index (χ3n) is 2.92. The normalized spacial score (nSPS) is 21.8. The van der Waals surface area contributed by atoms with Crippen LogP contribution in [0.25, 0.3) is 0 Å². The Morgan fingerprint density at radius 3 is 2.94 bits per heavy atom. The summed E-state index contributed by atoms with van der Waals surface area (Å²) in [5, 5.41) is 3.07. The molecule has 7 heteroatoms. The van der Waals surface area contributed by atoms with E-state index >= 15 is 0 Å². The Hall–Kier alpha value is -1.21. The Kier molecular flexibility index (Phi) is 3.82. The van der Waals surface area contributed by atoms with E-state index in [0.717, 1.165) is 12.8 Å². The van der Waals surface area contributed by atoms with E-state index < -0.39 is 16.0 Å². The molecule has 1 saturated heterocycles. The largest absolute Gasteiger partial charge is 0.366 e. The number of nitrogens with zero attached hydrogens (tertiary/aromatic N) is 2. The van der Waals surface area contributed by atoms with Gasteiger partial charge in [0.25, 0.3) is 0 Å². The van der Waals surface area contributed by atoms with Gasteiger partial charge in [-0.3, -0.25) is 0 Å². The zero-order valence-corrected chi connectivity index (χ0v) is 11.0. The van der Waals surface area contributed by atoms with Crippen molar-refractivity contribution >= 4 is 15.8 Å². The molecule has 18 heavy (non-hydrogen) atoms. The number of nitrogens with one attached hydrogen (secondary N) is 1. The van der Waals surface area contributed by atoms with Crippen molar-refractivity contribution < 1.29 is 12.8 Å². The molecular weight excluding hydrogens is 257 g/mol. The highest BCUT2D eigenvalue weighted by molar-refractivity contribution is 7.88. The van der Waals surface area contributed by atoms with Gasteiger partial charge >= 0.3 is 0 Å². The molecule has 100 valence electrons. The van der Waals surface area contributed by atoms with Gasteiger partial charge in [0.2, 0.25) is 16.0 Å². The summed E-state index contributed by atoms with van der Waals surface area (Å²) in [6.07, 6.45) is 2.85. The molecule has 2 heterocycles. The molecule has 0 aliphatic carbocycles. The fraction of sp³-hybridized carbons (Fsp3) is 0.545. The molecule has 1 atom stereocenters. The number of hydrogen-bond donors (Lipinski definition) is 1. The highest BCUT2D eigenvalue weighted by atomic mass is 32.2. The van der Waals surface area contributed by atoms with Crippen LogP contribution in [0.4, 0.5) is 10.2 Å². The van der Waals surface area contributed by atoms with E-state index in [0.29, 0.717) is 18.9 Å². The minimum absolute atomic E-state index is 0.0252. The van der Waals surface area contributed by atoms with Gasteiger partial charge in [0, 0.05) is 19.1 Å². The quantitative estimate of drug-likeness (QED) is 0.836. The Morgan fingerprint density at radius 2 is 2.28 bits per heavy atom. The maximum atomic E-state index is 12.9. The van der Waals surface area contributed by atoms with Gasteiger partial charge in [-0.1, -0.05) is 6.07 Å². The zero-order valence-electron chi connectivity index (χ0n) is 10.1. The third kappa shape index (κ3) is 3.39. The maximum absolute atomic E-state index is 12.9. The van der Waals surface area contributed by atoms with Crippen LogP contribution in [0.15, 0.2) is 18.2 Å². The Balaban J connectivity index is 2.02. The second kappa shape index (κ2) is 5.19. The topological polar surface area (TPSA) is 62.3 Å². The summed E-state index contributed by atoms with van der Waals surface area (Å²) in [5.41, 5.74) is 0. The van der Waals surface area contributed by atoms with Crippen LogP contribution in [0.5, 0.6) is 0 Å². The standard InChI is InChI=1S/C11H16FN3O2S/c1-18(16,17)15-7-3-4-9(8-15)13-11-6-2-5-10(12)14-11/h2,5-6,9H,3-4,7-8H2,1H3,(H,13,14). The van der Waals surface area contributed by atoms with Gasteiger partial charge in [-0.05, 0) is 25.0 Å². The van der Waals surface area contributed by atoms with Gasteiger partial charge in [0.1, 0.15) is 5.82 Å². The summed E-state index contributed by atoms with van der Waals surface area (Å²) >= 11 is 0. The third-order valence-corrected chi connectivity index (χ3v) is 4.19. The molecule has 0 spiro atoms. The highest BCUT2D eigenvalue weighted by Crippen LogP contribution is 2.16. The van der Waals surface area contributed by atoms with Crippen molar-refractivity contribution in [2.75, 3.05) is 24.7 Å². The minimum atomic E-state index is -3.16. The molecule has 1 aromatic rings. The molecule has 1 aliphatic rings. The van der Waals surface area contributed by atoms with E-state index in [4.69, 9.17) is 0 Å². The average molecular weight is 273 g/mol. The first-order valence-corrected chi connectivity index (χ1v) is 7.64. The fourth-order valence-corrected chi connectivity index (χ4v) is 2.97. The number of piperidine rings is 1. The van der Waals surface area contributed by atoms with Crippen LogP contribution in [0.3, 0.4) is 0 Å². The zero-order chi connectivity index (χ0) is 13.2. The van der Waals surface area contributed by atoms with Crippen molar-refractivity contribution in [3.8, 4) is 0 Å². The van der Waals surface area contributed by atoms with Crippen LogP contribution in [0.1, 0.15) is 12.8 Å². The summed E-state index contributed by atoms with van der Waals surface area (Å²) in [5.74, 6) is -0.105. The summed E-state index contributed by atoms with van der Waals surface area (Å²) in [6.45, 7) is 0.949. The van der Waals surface area contributed by atoms with Gasteiger partial charge in [-0.25, -0.2) is 17.7 Å². The molecule has 5 nitrogen and oxygen atoms in total. The van der Waals surface area contributed by atoms with E-state index in [1.165, 1.54) is 16.6 Å². The lowest BCUT2D eigenvalue weighted by Gasteiger charge is -2.31. The first kappa shape index (κ1) is 13.2. The molecular formula is C11H16FN3O2S. The minimum Gasteiger partial charge on any atom is -0.366 e. The van der Waals surface area contributed by atoms with E-state index in [-0.39, 0.29) is 6.04 Å². The molecule has 2 rings (SSSR count). The second-order valence-electron chi connectivity index (χ2n) is 4.45. The molecule has 0 bridgehead atoms. The lowest BCUT2D eigenvalue weighted by molar-refractivity contribution is 0.328. The molecule has 0 aromatic carbocycles. The molecule has 0 radical (unpaired) electrons. The van der Waals surface area contributed by atoms with Gasteiger partial charge in [0.15, 0.2) is 0 Å². The van der Waals surface area contributed by atoms with Crippen molar-refractivity contribution in [3.63, 3.8) is 0 Å². The maximum Gasteiger partial charge on any atom is 0.214 e. The van der Waals surface area contributed by atoms with Crippen LogP contribution < -0.4 is 5.32 Å². The molecule has 1 fully saturated rings. The number of hydrogen-bond acceptors (Lipinski definition) is 4. The van der Waals surface area contributed by atoms with Crippen molar-refractivity contribution in [1.82, 2.24) is 9.29 Å². The summed E-state index contributed by atoms with van der Waals surface area (Å²) in [6, 6.07) is 4.49. The van der Waals surface area contributed by atoms with Crippen LogP contribution in [0.2, 0.25) is 0 Å². The van der Waals surface area contributed by atoms with Crippen molar-refractivity contribution in [2.45, 2.75) is 18.9 Å². The molecule has 1 aliphatic heterocycles. The Morgan fingerprint density at radius 1 is 1.50 bits per heavy atom. The predicted molar refractivity (Wildman–Crippen MR) is 67.3 cm³/mol. The first-order valence-electron chi connectivity index (χ1n) is 5.79. The molecule has 0 saturated carbocycles. The number of rotatable bonds is 3. The summed E-state index contributed by atoms with van der Waals surface area (Å²) in [4.78, 5) is 3.71.